The van der Waals surface area contributed by atoms with E-state index in [1.807, 2.05) is 34.9 Å². The van der Waals surface area contributed by atoms with E-state index in [9.17, 15) is 5.11 Å². The van der Waals surface area contributed by atoms with Crippen LogP contribution in [-0.2, 0) is 13.2 Å². The average Bonchev–Trinajstić information content (AvgIpc) is 3.01. The van der Waals surface area contributed by atoms with Crippen LogP contribution in [-0.4, -0.2) is 25.7 Å². The molecule has 0 amide bonds. The fraction of sp³-hybridized carbons (Fsp3) is 0.238. The average molecular weight is 361 g/mol. The highest BCUT2D eigenvalue weighted by Crippen LogP contribution is 2.29. The Bertz CT molecular complexity index is 1120. The summed E-state index contributed by atoms with van der Waals surface area (Å²) >= 11 is 0. The van der Waals surface area contributed by atoms with Gasteiger partial charge in [0.05, 0.1) is 11.0 Å². The van der Waals surface area contributed by atoms with Crippen molar-refractivity contribution in [1.29, 1.82) is 0 Å². The van der Waals surface area contributed by atoms with Crippen molar-refractivity contribution in [3.63, 3.8) is 0 Å². The van der Waals surface area contributed by atoms with Crippen LogP contribution in [0.1, 0.15) is 25.2 Å². The lowest BCUT2D eigenvalue weighted by molar-refractivity contribution is 0.267. The quantitative estimate of drug-likeness (QED) is 0.506. The van der Waals surface area contributed by atoms with Crippen molar-refractivity contribution in [2.75, 3.05) is 11.1 Å². The van der Waals surface area contributed by atoms with Crippen molar-refractivity contribution in [3.8, 4) is 0 Å². The zero-order valence-corrected chi connectivity index (χ0v) is 15.5. The third kappa shape index (κ3) is 3.19. The maximum absolute atomic E-state index is 9.88. The molecule has 0 saturated heterocycles. The lowest BCUT2D eigenvalue weighted by atomic mass is 10.1. The van der Waals surface area contributed by atoms with Crippen LogP contribution in [0, 0.1) is 0 Å². The summed E-state index contributed by atoms with van der Waals surface area (Å²) in [5.74, 6) is 0.962. The van der Waals surface area contributed by atoms with Crippen molar-refractivity contribution in [3.05, 3.63) is 59.9 Å². The Morgan fingerprint density at radius 1 is 1.11 bits per heavy atom. The molecular weight excluding hydrogens is 338 g/mol. The molecule has 2 aromatic carbocycles. The van der Waals surface area contributed by atoms with Gasteiger partial charge in [0.15, 0.2) is 5.82 Å². The van der Waals surface area contributed by atoms with E-state index in [1.165, 1.54) is 0 Å². The maximum Gasteiger partial charge on any atom is 0.152 e. The van der Waals surface area contributed by atoms with Gasteiger partial charge in [-0.1, -0.05) is 30.3 Å². The minimum absolute atomic E-state index is 0.160. The number of rotatable bonds is 5. The fourth-order valence-corrected chi connectivity index (χ4v) is 3.47. The topological polar surface area (TPSA) is 89.0 Å². The first-order chi connectivity index (χ1) is 13.1. The summed E-state index contributed by atoms with van der Waals surface area (Å²) < 4.78 is 2.03. The summed E-state index contributed by atoms with van der Waals surface area (Å²) in [6.45, 7) is 4.66. The van der Waals surface area contributed by atoms with Crippen molar-refractivity contribution < 1.29 is 5.11 Å². The van der Waals surface area contributed by atoms with Gasteiger partial charge < -0.3 is 20.7 Å². The third-order valence-electron chi connectivity index (χ3n) is 4.55. The molecule has 0 fully saturated rings. The van der Waals surface area contributed by atoms with Crippen LogP contribution in [0.2, 0.25) is 0 Å². The molecule has 2 heterocycles. The molecule has 2 aromatic heterocycles. The number of pyridine rings is 1. The molecule has 6 heteroatoms. The number of nitrogen functional groups attached to an aromatic ring is 1. The Balaban J connectivity index is 1.88. The molecule has 0 saturated carbocycles. The number of nitrogens with one attached hydrogen (secondary N) is 1. The van der Waals surface area contributed by atoms with Gasteiger partial charge in [0.1, 0.15) is 17.9 Å². The lowest BCUT2D eigenvalue weighted by Crippen LogP contribution is -2.10. The third-order valence-corrected chi connectivity index (χ3v) is 4.55. The van der Waals surface area contributed by atoms with Gasteiger partial charge in [-0.2, -0.15) is 0 Å². The van der Waals surface area contributed by atoms with Crippen molar-refractivity contribution in [1.82, 2.24) is 14.5 Å². The smallest absolute Gasteiger partial charge is 0.152 e. The molecule has 0 bridgehead atoms. The largest absolute Gasteiger partial charge is 0.388 e. The van der Waals surface area contributed by atoms with Crippen LogP contribution in [0.15, 0.2) is 48.5 Å². The number of hydrogen-bond donors (Lipinski definition) is 3. The van der Waals surface area contributed by atoms with Gasteiger partial charge in [-0.3, -0.25) is 0 Å². The highest BCUT2D eigenvalue weighted by Gasteiger charge is 2.17. The number of nitrogens with zero attached hydrogens (tertiary/aromatic N) is 3. The summed E-state index contributed by atoms with van der Waals surface area (Å²) in [5, 5.41) is 14.3. The van der Waals surface area contributed by atoms with E-state index in [0.29, 0.717) is 29.7 Å². The second-order valence-electron chi connectivity index (χ2n) is 6.98. The summed E-state index contributed by atoms with van der Waals surface area (Å²) in [6.07, 6.45) is 0. The Morgan fingerprint density at radius 3 is 2.70 bits per heavy atom. The molecule has 0 aliphatic heterocycles. The number of para-hydroxylation sites is 1. The summed E-state index contributed by atoms with van der Waals surface area (Å²) in [4.78, 5) is 9.01. The molecule has 0 aliphatic carbocycles. The molecule has 6 nitrogen and oxygen atoms in total. The first kappa shape index (κ1) is 17.3. The van der Waals surface area contributed by atoms with Gasteiger partial charge >= 0.3 is 0 Å². The number of aliphatic hydroxyl groups is 1. The van der Waals surface area contributed by atoms with Crippen LogP contribution >= 0.6 is 0 Å². The normalized spacial score (nSPS) is 11.6. The SMILES string of the molecule is CC(C)Nc1cccc(Cn2c(CO)nc3c(N)nc4ccccc4c32)c1. The van der Waals surface area contributed by atoms with E-state index in [2.05, 4.69) is 47.3 Å². The van der Waals surface area contributed by atoms with E-state index in [0.717, 1.165) is 27.7 Å². The number of aliphatic hydroxyl groups excluding tert-OH is 1. The van der Waals surface area contributed by atoms with Crippen molar-refractivity contribution >= 4 is 33.4 Å². The minimum Gasteiger partial charge on any atom is -0.388 e. The molecule has 4 N–H and O–H groups in total. The molecule has 0 spiro atoms. The predicted molar refractivity (Wildman–Crippen MR) is 110 cm³/mol. The molecule has 4 rings (SSSR count). The van der Waals surface area contributed by atoms with E-state index in [4.69, 9.17) is 5.73 Å². The minimum atomic E-state index is -0.160. The maximum atomic E-state index is 9.88. The molecule has 0 atom stereocenters. The van der Waals surface area contributed by atoms with Gasteiger partial charge in [0.2, 0.25) is 0 Å². The Hall–Kier alpha value is -3.12. The molecule has 0 radical (unpaired) electrons. The summed E-state index contributed by atoms with van der Waals surface area (Å²) in [6, 6.07) is 16.5. The van der Waals surface area contributed by atoms with E-state index in [1.54, 1.807) is 0 Å². The molecule has 4 aromatic rings. The number of imidazole rings is 1. The summed E-state index contributed by atoms with van der Waals surface area (Å²) in [7, 11) is 0. The van der Waals surface area contributed by atoms with Gasteiger partial charge in [0, 0.05) is 23.7 Å². The van der Waals surface area contributed by atoms with Gasteiger partial charge in [0.25, 0.3) is 0 Å². The van der Waals surface area contributed by atoms with E-state index in [-0.39, 0.29) is 6.61 Å². The second kappa shape index (κ2) is 6.89. The number of aromatic nitrogens is 3. The Kier molecular flexibility index (Phi) is 4.41. The highest BCUT2D eigenvalue weighted by molar-refractivity contribution is 6.06. The number of hydrogen-bond acceptors (Lipinski definition) is 5. The fourth-order valence-electron chi connectivity index (χ4n) is 3.47. The molecule has 27 heavy (non-hydrogen) atoms. The van der Waals surface area contributed by atoms with E-state index >= 15 is 0 Å². The molecule has 138 valence electrons. The van der Waals surface area contributed by atoms with Gasteiger partial charge in [-0.15, -0.1) is 0 Å². The zero-order valence-electron chi connectivity index (χ0n) is 15.5. The second-order valence-corrected chi connectivity index (χ2v) is 6.98. The molecular formula is C21H23N5O. The monoisotopic (exact) mass is 361 g/mol. The van der Waals surface area contributed by atoms with Crippen LogP contribution in [0.3, 0.4) is 0 Å². The number of fused-ring (bicyclic) bond motifs is 3. The predicted octanol–water partition coefficient (Wildman–Crippen LogP) is 3.53. The molecule has 0 unspecified atom stereocenters. The van der Waals surface area contributed by atoms with Crippen LogP contribution in [0.5, 0.6) is 0 Å². The number of anilines is 2. The van der Waals surface area contributed by atoms with E-state index < -0.39 is 0 Å². The van der Waals surface area contributed by atoms with Gasteiger partial charge in [-0.25, -0.2) is 9.97 Å². The standard InChI is InChI=1S/C21H23N5O/c1-13(2)23-15-7-5-6-14(10-15)11-26-18(12-27)25-19-20(26)16-8-3-4-9-17(16)24-21(19)22/h3-10,13,23,27H,11-12H2,1-2H3,(H2,22,24). The van der Waals surface area contributed by atoms with Crippen LogP contribution in [0.4, 0.5) is 11.5 Å². The summed E-state index contributed by atoms with van der Waals surface area (Å²) in [5.41, 5.74) is 10.7. The Morgan fingerprint density at radius 2 is 1.93 bits per heavy atom. The highest BCUT2D eigenvalue weighted by atomic mass is 16.3. The number of benzene rings is 2. The molecule has 0 aliphatic rings. The number of nitrogens with two attached hydrogens (primary N) is 1. The van der Waals surface area contributed by atoms with Crippen LogP contribution in [0.25, 0.3) is 21.9 Å². The Labute approximate surface area is 157 Å². The van der Waals surface area contributed by atoms with Crippen molar-refractivity contribution in [2.45, 2.75) is 33.0 Å². The zero-order chi connectivity index (χ0) is 19.0. The first-order valence-electron chi connectivity index (χ1n) is 9.06. The van der Waals surface area contributed by atoms with Gasteiger partial charge in [-0.05, 0) is 37.6 Å². The first-order valence-corrected chi connectivity index (χ1v) is 9.06. The lowest BCUT2D eigenvalue weighted by Gasteiger charge is -2.13. The van der Waals surface area contributed by atoms with Crippen molar-refractivity contribution in [2.24, 2.45) is 0 Å². The van der Waals surface area contributed by atoms with Crippen LogP contribution < -0.4 is 11.1 Å².